The molecule has 1 atom stereocenters. The second kappa shape index (κ2) is 10.7. The topological polar surface area (TPSA) is 41.9 Å². The van der Waals surface area contributed by atoms with Gasteiger partial charge in [0.2, 0.25) is 0 Å². The molecule has 1 heterocycles. The molecule has 4 aromatic rings. The highest BCUT2D eigenvalue weighted by atomic mass is 35.5. The van der Waals surface area contributed by atoms with E-state index in [4.69, 9.17) is 16.3 Å². The van der Waals surface area contributed by atoms with Crippen LogP contribution in [-0.4, -0.2) is 18.9 Å². The molecule has 0 saturated carbocycles. The number of hydrogen-bond donors (Lipinski definition) is 0. The Kier molecular flexibility index (Phi) is 7.33. The maximum Gasteiger partial charge on any atom is 0.416 e. The molecule has 10 heteroatoms. The fraction of sp³-hybridized carbons (Fsp3) is 0.133. The maximum atomic E-state index is 15.0. The van der Waals surface area contributed by atoms with E-state index in [1.165, 1.54) is 48.4 Å². The zero-order valence-corrected chi connectivity index (χ0v) is 21.6. The number of benzene rings is 4. The first-order valence-electron chi connectivity index (χ1n) is 12.0. The number of halogens is 6. The van der Waals surface area contributed by atoms with E-state index in [9.17, 15) is 22.4 Å². The summed E-state index contributed by atoms with van der Waals surface area (Å²) in [6.45, 7) is 0. The van der Waals surface area contributed by atoms with E-state index in [0.29, 0.717) is 22.3 Å². The van der Waals surface area contributed by atoms with Crippen LogP contribution < -0.4 is 4.90 Å². The van der Waals surface area contributed by atoms with Crippen LogP contribution >= 0.6 is 11.6 Å². The van der Waals surface area contributed by atoms with Crippen molar-refractivity contribution < 1.29 is 31.5 Å². The molecule has 0 amide bonds. The average Bonchev–Trinajstić information content (AvgIpc) is 2.94. The molecule has 5 rings (SSSR count). The summed E-state index contributed by atoms with van der Waals surface area (Å²) in [7, 11) is 1.20. The molecule has 0 spiro atoms. The fourth-order valence-corrected chi connectivity index (χ4v) is 4.81. The number of para-hydroxylation sites is 1. The number of aliphatic imine (C=N–C) groups is 1. The van der Waals surface area contributed by atoms with Crippen molar-refractivity contribution in [3.8, 4) is 11.1 Å². The third-order valence-corrected chi connectivity index (χ3v) is 6.86. The Balaban J connectivity index is 1.68. The van der Waals surface area contributed by atoms with Gasteiger partial charge in [0.05, 0.1) is 30.2 Å². The molecule has 0 fully saturated rings. The van der Waals surface area contributed by atoms with Crippen molar-refractivity contribution in [2.75, 3.05) is 12.0 Å². The van der Waals surface area contributed by atoms with E-state index in [2.05, 4.69) is 4.99 Å². The number of anilines is 1. The van der Waals surface area contributed by atoms with Crippen LogP contribution in [-0.2, 0) is 15.7 Å². The first kappa shape index (κ1) is 27.3. The minimum absolute atomic E-state index is 0.0241. The van der Waals surface area contributed by atoms with Gasteiger partial charge in [0.25, 0.3) is 0 Å². The Morgan fingerprint density at radius 2 is 1.57 bits per heavy atom. The standard InChI is InChI=1S/C30H20ClF5N2O2/c1-40-27(39)16-26-22-6-3-7-25(33)28(22)37-29(38(26)21-5-2-4-20(15-21)30(34,35)36)18-10-8-17(9-11-18)19-12-13-24(32)23(31)14-19/h2-15,26H,16H2,1H3. The SMILES string of the molecule is COC(=O)CC1c2cccc(F)c2N=C(c2ccc(-c3ccc(F)c(Cl)c3)cc2)N1c1cccc(C(F)(F)F)c1. The van der Waals surface area contributed by atoms with Crippen LogP contribution in [0.3, 0.4) is 0 Å². The lowest BCUT2D eigenvalue weighted by Gasteiger charge is -2.38. The molecular weight excluding hydrogens is 551 g/mol. The predicted octanol–water partition coefficient (Wildman–Crippen LogP) is 8.51. The van der Waals surface area contributed by atoms with Gasteiger partial charge in [-0.15, -0.1) is 0 Å². The lowest BCUT2D eigenvalue weighted by Crippen LogP contribution is -2.39. The number of hydrogen-bond acceptors (Lipinski definition) is 4. The average molecular weight is 571 g/mol. The normalized spacial score (nSPS) is 14.9. The second-order valence-corrected chi connectivity index (χ2v) is 9.44. The molecule has 0 aliphatic carbocycles. The summed E-state index contributed by atoms with van der Waals surface area (Å²) in [5.74, 6) is -1.71. The highest BCUT2D eigenvalue weighted by Crippen LogP contribution is 2.43. The fourth-order valence-electron chi connectivity index (χ4n) is 4.63. The molecular formula is C30H20ClF5N2O2. The van der Waals surface area contributed by atoms with E-state index >= 15 is 4.39 Å². The second-order valence-electron chi connectivity index (χ2n) is 9.03. The Morgan fingerprint density at radius 3 is 2.25 bits per heavy atom. The van der Waals surface area contributed by atoms with Crippen LogP contribution in [0.2, 0.25) is 5.02 Å². The quantitative estimate of drug-likeness (QED) is 0.178. The van der Waals surface area contributed by atoms with Crippen LogP contribution in [0.15, 0.2) is 89.9 Å². The van der Waals surface area contributed by atoms with E-state index < -0.39 is 35.4 Å². The third kappa shape index (κ3) is 5.29. The van der Waals surface area contributed by atoms with Crippen molar-refractivity contribution in [2.45, 2.75) is 18.6 Å². The smallest absolute Gasteiger partial charge is 0.416 e. The number of carbonyl (C=O) groups is 1. The van der Waals surface area contributed by atoms with Gasteiger partial charge < -0.3 is 9.64 Å². The largest absolute Gasteiger partial charge is 0.469 e. The van der Waals surface area contributed by atoms with Crippen LogP contribution in [0.1, 0.15) is 29.2 Å². The van der Waals surface area contributed by atoms with Gasteiger partial charge in [-0.25, -0.2) is 13.8 Å². The zero-order chi connectivity index (χ0) is 28.6. The number of amidine groups is 1. The summed E-state index contributed by atoms with van der Waals surface area (Å²) in [6, 6.07) is 18.9. The molecule has 0 bridgehead atoms. The summed E-state index contributed by atoms with van der Waals surface area (Å²) in [4.78, 5) is 18.5. The summed E-state index contributed by atoms with van der Waals surface area (Å²) < 4.78 is 74.5. The number of nitrogens with zero attached hydrogens (tertiary/aromatic N) is 2. The van der Waals surface area contributed by atoms with Crippen molar-refractivity contribution in [3.05, 3.63) is 118 Å². The minimum atomic E-state index is -4.62. The molecule has 204 valence electrons. The Morgan fingerprint density at radius 1 is 0.900 bits per heavy atom. The third-order valence-electron chi connectivity index (χ3n) is 6.57. The van der Waals surface area contributed by atoms with Crippen molar-refractivity contribution in [1.29, 1.82) is 0 Å². The van der Waals surface area contributed by atoms with Gasteiger partial charge in [-0.1, -0.05) is 60.1 Å². The molecule has 0 N–H and O–H groups in total. The monoisotopic (exact) mass is 570 g/mol. The molecule has 0 saturated heterocycles. The number of carbonyl (C=O) groups excluding carboxylic acids is 1. The molecule has 0 radical (unpaired) electrons. The van der Waals surface area contributed by atoms with Gasteiger partial charge in [-0.3, -0.25) is 4.79 Å². The van der Waals surface area contributed by atoms with E-state index in [1.807, 2.05) is 0 Å². The van der Waals surface area contributed by atoms with Gasteiger partial charge in [0.1, 0.15) is 23.2 Å². The molecule has 40 heavy (non-hydrogen) atoms. The minimum Gasteiger partial charge on any atom is -0.469 e. The van der Waals surface area contributed by atoms with Crippen molar-refractivity contribution in [3.63, 3.8) is 0 Å². The Hall–Kier alpha value is -4.24. The van der Waals surface area contributed by atoms with Crippen molar-refractivity contribution in [2.24, 2.45) is 4.99 Å². The highest BCUT2D eigenvalue weighted by molar-refractivity contribution is 6.31. The molecule has 1 aliphatic rings. The summed E-state index contributed by atoms with van der Waals surface area (Å²) >= 11 is 5.93. The van der Waals surface area contributed by atoms with E-state index in [0.717, 1.165) is 12.1 Å². The van der Waals surface area contributed by atoms with Gasteiger partial charge >= 0.3 is 12.1 Å². The number of alkyl halides is 3. The lowest BCUT2D eigenvalue weighted by atomic mass is 9.94. The van der Waals surface area contributed by atoms with E-state index in [1.54, 1.807) is 36.4 Å². The maximum absolute atomic E-state index is 15.0. The summed E-state index contributed by atoms with van der Waals surface area (Å²) in [6.07, 6.45) is -4.91. The van der Waals surface area contributed by atoms with Crippen molar-refractivity contribution >= 4 is 34.8 Å². The van der Waals surface area contributed by atoms with Crippen LogP contribution in [0.4, 0.5) is 33.3 Å². The Labute approximate surface area is 231 Å². The molecule has 1 unspecified atom stereocenters. The van der Waals surface area contributed by atoms with E-state index in [-0.39, 0.29) is 28.7 Å². The molecule has 1 aliphatic heterocycles. The molecule has 0 aromatic heterocycles. The van der Waals surface area contributed by atoms with Crippen LogP contribution in [0.5, 0.6) is 0 Å². The number of ether oxygens (including phenoxy) is 1. The van der Waals surface area contributed by atoms with Crippen LogP contribution in [0, 0.1) is 11.6 Å². The van der Waals surface area contributed by atoms with Gasteiger partial charge in [0.15, 0.2) is 0 Å². The molecule has 4 nitrogen and oxygen atoms in total. The van der Waals surface area contributed by atoms with Gasteiger partial charge in [0, 0.05) is 16.8 Å². The Bertz CT molecular complexity index is 1620. The number of rotatable bonds is 5. The number of esters is 1. The lowest BCUT2D eigenvalue weighted by molar-refractivity contribution is -0.141. The number of methoxy groups -OCH3 is 1. The summed E-state index contributed by atoms with van der Waals surface area (Å²) in [5, 5.41) is -0.0494. The van der Waals surface area contributed by atoms with Crippen molar-refractivity contribution in [1.82, 2.24) is 0 Å². The van der Waals surface area contributed by atoms with Gasteiger partial charge in [-0.2, -0.15) is 13.2 Å². The van der Waals surface area contributed by atoms with Crippen LogP contribution in [0.25, 0.3) is 11.1 Å². The zero-order valence-electron chi connectivity index (χ0n) is 20.8. The first-order valence-corrected chi connectivity index (χ1v) is 12.4. The summed E-state index contributed by atoms with van der Waals surface area (Å²) in [5.41, 5.74) is 1.27. The predicted molar refractivity (Wildman–Crippen MR) is 143 cm³/mol. The number of fused-ring (bicyclic) bond motifs is 1. The highest BCUT2D eigenvalue weighted by Gasteiger charge is 2.37. The molecule has 4 aromatic carbocycles. The van der Waals surface area contributed by atoms with Gasteiger partial charge in [-0.05, 0) is 47.5 Å². The first-order chi connectivity index (χ1) is 19.1.